The summed E-state index contributed by atoms with van der Waals surface area (Å²) in [5.41, 5.74) is -0.780. The predicted octanol–water partition coefficient (Wildman–Crippen LogP) is 3.36. The van der Waals surface area contributed by atoms with E-state index in [0.717, 1.165) is 11.6 Å². The third-order valence-electron chi connectivity index (χ3n) is 6.61. The van der Waals surface area contributed by atoms with E-state index in [1.54, 1.807) is 6.07 Å². The molecular formula is C25H20F3N3O4. The molecule has 3 aromatic rings. The molecular weight excluding hydrogens is 463 g/mol. The molecule has 0 fully saturated rings. The molecule has 1 atom stereocenters. The first kappa shape index (κ1) is 22.7. The van der Waals surface area contributed by atoms with Crippen molar-refractivity contribution < 1.29 is 27.9 Å². The molecule has 180 valence electrons. The van der Waals surface area contributed by atoms with Crippen molar-refractivity contribution in [2.45, 2.75) is 32.4 Å². The molecule has 5 rings (SSSR count). The van der Waals surface area contributed by atoms with Crippen molar-refractivity contribution in [3.63, 3.8) is 0 Å². The highest BCUT2D eigenvalue weighted by atomic mass is 19.1. The van der Waals surface area contributed by atoms with Crippen LogP contribution in [0.4, 0.5) is 18.9 Å². The topological polar surface area (TPSA) is 91.6 Å². The molecule has 2 aliphatic rings. The Morgan fingerprint density at radius 1 is 1.17 bits per heavy atom. The van der Waals surface area contributed by atoms with Gasteiger partial charge in [-0.3, -0.25) is 14.4 Å². The Balaban J connectivity index is 1.50. The molecule has 2 N–H and O–H groups in total. The SMILES string of the molecule is Cc1c(F)ccc(CNC(=O)c2cn3c(c(O)c2=O)C(=O)N2C[C@H]3CCc3ccc(F)cc32)c1F. The van der Waals surface area contributed by atoms with Gasteiger partial charge in [0.05, 0.1) is 11.7 Å². The number of fused-ring (bicyclic) bond motifs is 6. The van der Waals surface area contributed by atoms with Gasteiger partial charge in [0, 0.05) is 30.4 Å². The number of carbonyl (C=O) groups excluding carboxylic acids is 2. The number of benzene rings is 2. The largest absolute Gasteiger partial charge is 0.503 e. The average molecular weight is 483 g/mol. The first-order valence-electron chi connectivity index (χ1n) is 11.0. The van der Waals surface area contributed by atoms with Crippen molar-refractivity contribution in [1.82, 2.24) is 9.88 Å². The lowest BCUT2D eigenvalue weighted by atomic mass is 10.0. The van der Waals surface area contributed by atoms with Crippen molar-refractivity contribution in [3.05, 3.63) is 92.2 Å². The minimum absolute atomic E-state index is 0.0270. The highest BCUT2D eigenvalue weighted by Crippen LogP contribution is 2.37. The Kier molecular flexibility index (Phi) is 5.38. The highest BCUT2D eigenvalue weighted by Gasteiger charge is 2.38. The van der Waals surface area contributed by atoms with Crippen molar-refractivity contribution in [2.75, 3.05) is 11.4 Å². The standard InChI is InChI=1S/C25H20F3N3O4/c1-12-18(27)7-4-14(20(12)28)9-29-24(34)17-11-30-16-6-3-13-2-5-15(26)8-19(13)31(10-16)25(35)21(30)23(33)22(17)32/h2,4-5,7-8,11,16,33H,3,6,9-10H2,1H3,(H,29,34)/t16-/m1/s1. The van der Waals surface area contributed by atoms with E-state index >= 15 is 0 Å². The van der Waals surface area contributed by atoms with Gasteiger partial charge in [-0.2, -0.15) is 0 Å². The van der Waals surface area contributed by atoms with Crippen LogP contribution in [0.15, 0.2) is 41.3 Å². The van der Waals surface area contributed by atoms with Crippen LogP contribution >= 0.6 is 0 Å². The minimum atomic E-state index is -1.06. The van der Waals surface area contributed by atoms with Gasteiger partial charge in [0.25, 0.3) is 11.8 Å². The van der Waals surface area contributed by atoms with E-state index in [1.165, 1.54) is 40.8 Å². The molecule has 0 spiro atoms. The van der Waals surface area contributed by atoms with Gasteiger partial charge in [-0.1, -0.05) is 12.1 Å². The summed E-state index contributed by atoms with van der Waals surface area (Å²) in [4.78, 5) is 40.2. The van der Waals surface area contributed by atoms with Crippen LogP contribution in [0.1, 0.15) is 50.0 Å². The fourth-order valence-electron chi connectivity index (χ4n) is 4.68. The Bertz CT molecular complexity index is 1470. The minimum Gasteiger partial charge on any atom is -0.503 e. The summed E-state index contributed by atoms with van der Waals surface area (Å²) in [5, 5.41) is 13.1. The number of halogens is 3. The molecule has 0 saturated carbocycles. The average Bonchev–Trinajstić information content (AvgIpc) is 3.00. The molecule has 2 amide bonds. The number of hydrogen-bond acceptors (Lipinski definition) is 4. The maximum atomic E-state index is 14.3. The molecule has 0 radical (unpaired) electrons. The molecule has 0 aliphatic carbocycles. The zero-order valence-corrected chi connectivity index (χ0v) is 18.6. The zero-order valence-electron chi connectivity index (χ0n) is 18.6. The van der Waals surface area contributed by atoms with Crippen LogP contribution in [0.3, 0.4) is 0 Å². The van der Waals surface area contributed by atoms with E-state index in [2.05, 4.69) is 5.32 Å². The molecule has 7 nitrogen and oxygen atoms in total. The van der Waals surface area contributed by atoms with Crippen LogP contribution in [0.25, 0.3) is 0 Å². The van der Waals surface area contributed by atoms with Gasteiger partial charge in [0.15, 0.2) is 11.4 Å². The second-order valence-corrected chi connectivity index (χ2v) is 8.69. The van der Waals surface area contributed by atoms with Crippen LogP contribution in [0.2, 0.25) is 0 Å². The summed E-state index contributed by atoms with van der Waals surface area (Å²) in [6, 6.07) is 6.04. The lowest BCUT2D eigenvalue weighted by Crippen LogP contribution is -2.44. The van der Waals surface area contributed by atoms with Crippen LogP contribution in [0.5, 0.6) is 5.75 Å². The molecule has 3 heterocycles. The summed E-state index contributed by atoms with van der Waals surface area (Å²) in [6.45, 7) is 1.13. The van der Waals surface area contributed by atoms with Crippen molar-refractivity contribution in [1.29, 1.82) is 0 Å². The van der Waals surface area contributed by atoms with E-state index in [1.807, 2.05) is 0 Å². The number of aryl methyl sites for hydroxylation is 1. The third-order valence-corrected chi connectivity index (χ3v) is 6.61. The molecule has 35 heavy (non-hydrogen) atoms. The smallest absolute Gasteiger partial charge is 0.279 e. The van der Waals surface area contributed by atoms with Gasteiger partial charge in [0.2, 0.25) is 5.43 Å². The van der Waals surface area contributed by atoms with Gasteiger partial charge in [0.1, 0.15) is 23.0 Å². The first-order valence-corrected chi connectivity index (χ1v) is 11.0. The number of amides is 2. The predicted molar refractivity (Wildman–Crippen MR) is 120 cm³/mol. The Morgan fingerprint density at radius 3 is 2.71 bits per heavy atom. The highest BCUT2D eigenvalue weighted by molar-refractivity contribution is 6.08. The van der Waals surface area contributed by atoms with Crippen molar-refractivity contribution in [2.24, 2.45) is 0 Å². The number of nitrogens with one attached hydrogen (secondary N) is 1. The molecule has 2 aliphatic heterocycles. The second kappa shape index (κ2) is 8.30. The van der Waals surface area contributed by atoms with Gasteiger partial charge in [-0.25, -0.2) is 13.2 Å². The van der Waals surface area contributed by atoms with Gasteiger partial charge in [-0.05, 0) is 43.5 Å². The third kappa shape index (κ3) is 3.65. The van der Waals surface area contributed by atoms with Crippen molar-refractivity contribution in [3.8, 4) is 5.75 Å². The van der Waals surface area contributed by atoms with Crippen LogP contribution in [-0.2, 0) is 13.0 Å². The van der Waals surface area contributed by atoms with Crippen molar-refractivity contribution >= 4 is 17.5 Å². The normalized spacial score (nSPS) is 16.4. The van der Waals surface area contributed by atoms with E-state index in [4.69, 9.17) is 0 Å². The molecule has 2 bridgehead atoms. The molecule has 2 aromatic carbocycles. The number of nitrogens with zero attached hydrogens (tertiary/aromatic N) is 2. The maximum absolute atomic E-state index is 14.3. The van der Waals surface area contributed by atoms with E-state index < -0.39 is 46.0 Å². The van der Waals surface area contributed by atoms with Gasteiger partial charge >= 0.3 is 0 Å². The molecule has 1 aromatic heterocycles. The number of rotatable bonds is 3. The molecule has 0 unspecified atom stereocenters. The molecule has 0 saturated heterocycles. The number of aromatic nitrogens is 1. The fraction of sp³-hybridized carbons (Fsp3) is 0.240. The number of carbonyl (C=O) groups is 2. The summed E-state index contributed by atoms with van der Waals surface area (Å²) < 4.78 is 43.1. The Hall–Kier alpha value is -4.08. The van der Waals surface area contributed by atoms with E-state index in [0.29, 0.717) is 18.5 Å². The monoisotopic (exact) mass is 483 g/mol. The Morgan fingerprint density at radius 2 is 1.94 bits per heavy atom. The number of pyridine rings is 1. The second-order valence-electron chi connectivity index (χ2n) is 8.69. The molecule has 10 heteroatoms. The fourth-order valence-corrected chi connectivity index (χ4v) is 4.68. The lowest BCUT2D eigenvalue weighted by Gasteiger charge is -2.35. The summed E-state index contributed by atoms with van der Waals surface area (Å²) in [7, 11) is 0. The van der Waals surface area contributed by atoms with E-state index in [9.17, 15) is 32.7 Å². The van der Waals surface area contributed by atoms with Gasteiger partial charge < -0.3 is 19.9 Å². The number of hydrogen-bond donors (Lipinski definition) is 2. The quantitative estimate of drug-likeness (QED) is 0.598. The summed E-state index contributed by atoms with van der Waals surface area (Å²) in [5.74, 6) is -4.49. The van der Waals surface area contributed by atoms with Gasteiger partial charge in [-0.15, -0.1) is 0 Å². The number of anilines is 1. The summed E-state index contributed by atoms with van der Waals surface area (Å²) >= 11 is 0. The number of aromatic hydroxyl groups is 1. The zero-order chi connectivity index (χ0) is 25.0. The van der Waals surface area contributed by atoms with Crippen LogP contribution in [-0.4, -0.2) is 28.0 Å². The lowest BCUT2D eigenvalue weighted by molar-refractivity contribution is 0.0929. The summed E-state index contributed by atoms with van der Waals surface area (Å²) in [6.07, 6.45) is 2.25. The van der Waals surface area contributed by atoms with Crippen LogP contribution < -0.4 is 15.6 Å². The maximum Gasteiger partial charge on any atom is 0.279 e. The van der Waals surface area contributed by atoms with Crippen LogP contribution in [0, 0.1) is 24.4 Å². The van der Waals surface area contributed by atoms with E-state index in [-0.39, 0.29) is 36.0 Å². The Labute approximate surface area is 197 Å². The first-order chi connectivity index (χ1) is 16.7.